The van der Waals surface area contributed by atoms with E-state index >= 15 is 0 Å². The molecule has 0 fully saturated rings. The van der Waals surface area contributed by atoms with Gasteiger partial charge in [-0.05, 0) is 40.8 Å². The molecule has 0 aliphatic carbocycles. The number of hydrazone groups is 1. The van der Waals surface area contributed by atoms with Gasteiger partial charge in [-0.1, -0.05) is 47.5 Å². The Morgan fingerprint density at radius 3 is 2.62 bits per heavy atom. The van der Waals surface area contributed by atoms with Gasteiger partial charge in [0, 0.05) is 9.13 Å². The largest absolute Gasteiger partial charge is 0.343 e. The van der Waals surface area contributed by atoms with Crippen molar-refractivity contribution in [2.45, 2.75) is 0 Å². The van der Waals surface area contributed by atoms with Gasteiger partial charge in [0.2, 0.25) is 0 Å². The molecule has 0 saturated carbocycles. The minimum Gasteiger partial charge on any atom is -0.343 e. The van der Waals surface area contributed by atoms with E-state index in [2.05, 4.69) is 38.4 Å². The molecular weight excluding hydrogens is 464 g/mol. The van der Waals surface area contributed by atoms with Crippen LogP contribution in [0.5, 0.6) is 0 Å². The highest BCUT2D eigenvalue weighted by molar-refractivity contribution is 14.1. The molecule has 0 bridgehead atoms. The van der Waals surface area contributed by atoms with Crippen LogP contribution in [0.1, 0.15) is 15.9 Å². The molecule has 8 heteroatoms. The first-order chi connectivity index (χ1) is 11.5. The predicted octanol–water partition coefficient (Wildman–Crippen LogP) is 3.48. The van der Waals surface area contributed by atoms with Gasteiger partial charge in [-0.2, -0.15) is 5.10 Å². The number of amides is 2. The number of carbonyl (C=O) groups excluding carboxylic acids is 2. The lowest BCUT2D eigenvalue weighted by Gasteiger charge is -2.06. The summed E-state index contributed by atoms with van der Waals surface area (Å²) in [5.74, 6) is -0.777. The quantitative estimate of drug-likeness (QED) is 0.395. The van der Waals surface area contributed by atoms with Crippen molar-refractivity contribution in [1.82, 2.24) is 10.7 Å². The molecule has 2 N–H and O–H groups in total. The van der Waals surface area contributed by atoms with Crippen LogP contribution in [0.4, 0.5) is 0 Å². The van der Waals surface area contributed by atoms with E-state index in [4.69, 9.17) is 23.2 Å². The van der Waals surface area contributed by atoms with E-state index in [1.807, 2.05) is 12.1 Å². The molecule has 24 heavy (non-hydrogen) atoms. The van der Waals surface area contributed by atoms with Crippen LogP contribution >= 0.6 is 45.8 Å². The van der Waals surface area contributed by atoms with E-state index < -0.39 is 5.91 Å². The first-order valence-corrected chi connectivity index (χ1v) is 8.61. The summed E-state index contributed by atoms with van der Waals surface area (Å²) in [4.78, 5) is 23.7. The summed E-state index contributed by atoms with van der Waals surface area (Å²) in [7, 11) is 0. The summed E-state index contributed by atoms with van der Waals surface area (Å²) >= 11 is 13.9. The lowest BCUT2D eigenvalue weighted by molar-refractivity contribution is -0.120. The third-order valence-corrected chi connectivity index (χ3v) is 4.68. The topological polar surface area (TPSA) is 70.6 Å². The lowest BCUT2D eigenvalue weighted by Crippen LogP contribution is -2.35. The molecule has 0 aliphatic rings. The van der Waals surface area contributed by atoms with Gasteiger partial charge >= 0.3 is 0 Å². The third-order valence-electron chi connectivity index (χ3n) is 2.90. The molecule has 0 unspecified atom stereocenters. The van der Waals surface area contributed by atoms with Crippen LogP contribution in [-0.2, 0) is 4.79 Å². The van der Waals surface area contributed by atoms with Crippen LogP contribution in [0.3, 0.4) is 0 Å². The first kappa shape index (κ1) is 18.7. The number of halogens is 3. The summed E-state index contributed by atoms with van der Waals surface area (Å²) < 4.78 is 0.807. The number of hydrogen-bond acceptors (Lipinski definition) is 3. The Morgan fingerprint density at radius 1 is 1.12 bits per heavy atom. The predicted molar refractivity (Wildman–Crippen MR) is 104 cm³/mol. The summed E-state index contributed by atoms with van der Waals surface area (Å²) in [5.41, 5.74) is 3.40. The molecule has 2 rings (SSSR count). The number of nitrogens with zero attached hydrogens (tertiary/aromatic N) is 1. The maximum Gasteiger partial charge on any atom is 0.259 e. The number of hydrogen-bond donors (Lipinski definition) is 2. The van der Waals surface area contributed by atoms with Gasteiger partial charge in [0.25, 0.3) is 11.8 Å². The summed E-state index contributed by atoms with van der Waals surface area (Å²) in [6.07, 6.45) is 1.38. The second-order valence-corrected chi connectivity index (χ2v) is 6.55. The van der Waals surface area contributed by atoms with Gasteiger partial charge in [-0.25, -0.2) is 5.43 Å². The van der Waals surface area contributed by atoms with Crippen molar-refractivity contribution in [3.8, 4) is 0 Å². The number of benzene rings is 2. The van der Waals surface area contributed by atoms with E-state index in [0.717, 1.165) is 3.57 Å². The zero-order valence-electron chi connectivity index (χ0n) is 12.2. The molecule has 0 radical (unpaired) electrons. The Kier molecular flexibility index (Phi) is 7.01. The minimum atomic E-state index is -0.455. The fourth-order valence-electron chi connectivity index (χ4n) is 1.73. The van der Waals surface area contributed by atoms with Crippen LogP contribution < -0.4 is 10.7 Å². The van der Waals surface area contributed by atoms with Gasteiger partial charge in [0.05, 0.1) is 28.4 Å². The second kappa shape index (κ2) is 9.00. The fraction of sp³-hybridized carbons (Fsp3) is 0.0625. The molecule has 0 heterocycles. The van der Waals surface area contributed by atoms with Crippen molar-refractivity contribution in [2.75, 3.05) is 6.54 Å². The van der Waals surface area contributed by atoms with Crippen molar-refractivity contribution in [3.05, 3.63) is 67.2 Å². The van der Waals surface area contributed by atoms with Crippen molar-refractivity contribution >= 4 is 63.8 Å². The zero-order valence-corrected chi connectivity index (χ0v) is 15.9. The highest BCUT2D eigenvalue weighted by atomic mass is 127. The van der Waals surface area contributed by atoms with Crippen LogP contribution in [-0.4, -0.2) is 24.6 Å². The maximum absolute atomic E-state index is 12.0. The van der Waals surface area contributed by atoms with Gasteiger partial charge in [0.15, 0.2) is 0 Å². The molecule has 0 spiro atoms. The highest BCUT2D eigenvalue weighted by Crippen LogP contribution is 2.24. The molecule has 0 saturated heterocycles. The Bertz CT molecular complexity index is 797. The number of carbonyl (C=O) groups is 2. The Balaban J connectivity index is 1.86. The van der Waals surface area contributed by atoms with Crippen LogP contribution in [0, 0.1) is 3.57 Å². The highest BCUT2D eigenvalue weighted by Gasteiger charge is 2.10. The van der Waals surface area contributed by atoms with E-state index in [1.165, 1.54) is 6.21 Å². The van der Waals surface area contributed by atoms with E-state index in [9.17, 15) is 9.59 Å². The molecule has 124 valence electrons. The summed E-state index contributed by atoms with van der Waals surface area (Å²) in [6, 6.07) is 12.2. The molecule has 0 atom stereocenters. The third kappa shape index (κ3) is 5.19. The fourth-order valence-corrected chi connectivity index (χ4v) is 2.72. The molecule has 2 aromatic carbocycles. The van der Waals surface area contributed by atoms with Gasteiger partial charge in [0.1, 0.15) is 0 Å². The van der Waals surface area contributed by atoms with Crippen LogP contribution in [0.25, 0.3) is 0 Å². The normalized spacial score (nSPS) is 10.6. The Labute approximate surface area is 162 Å². The van der Waals surface area contributed by atoms with Crippen molar-refractivity contribution < 1.29 is 9.59 Å². The summed E-state index contributed by atoms with van der Waals surface area (Å²) in [6.45, 7) is -0.190. The zero-order chi connectivity index (χ0) is 17.5. The minimum absolute atomic E-state index is 0.190. The van der Waals surface area contributed by atoms with Gasteiger partial charge in [-0.3, -0.25) is 9.59 Å². The standard InChI is InChI=1S/C16H12Cl2IN3O2/c17-12-6-3-4-10(15(12)18)8-21-22-14(23)9-20-16(24)11-5-1-2-7-13(11)19/h1-8H,9H2,(H,20,24)(H,22,23)/b21-8-. The van der Waals surface area contributed by atoms with E-state index in [1.54, 1.807) is 30.3 Å². The van der Waals surface area contributed by atoms with Crippen molar-refractivity contribution in [3.63, 3.8) is 0 Å². The smallest absolute Gasteiger partial charge is 0.259 e. The van der Waals surface area contributed by atoms with Crippen LogP contribution in [0.15, 0.2) is 47.6 Å². The molecular formula is C16H12Cl2IN3O2. The van der Waals surface area contributed by atoms with Gasteiger partial charge in [-0.15, -0.1) is 0 Å². The first-order valence-electron chi connectivity index (χ1n) is 6.77. The molecule has 0 aromatic heterocycles. The number of rotatable bonds is 5. The van der Waals surface area contributed by atoms with Crippen molar-refractivity contribution in [2.24, 2.45) is 5.10 Å². The second-order valence-electron chi connectivity index (χ2n) is 4.60. The Hall–Kier alpha value is -1.64. The van der Waals surface area contributed by atoms with Gasteiger partial charge < -0.3 is 5.32 Å². The maximum atomic E-state index is 12.0. The number of nitrogens with one attached hydrogen (secondary N) is 2. The average Bonchev–Trinajstić information content (AvgIpc) is 2.57. The average molecular weight is 476 g/mol. The SMILES string of the molecule is O=C(CNC(=O)c1ccccc1I)N/N=C\c1cccc(Cl)c1Cl. The summed E-state index contributed by atoms with van der Waals surface area (Å²) in [5, 5.41) is 7.07. The molecule has 2 amide bonds. The molecule has 0 aliphatic heterocycles. The molecule has 2 aromatic rings. The monoisotopic (exact) mass is 475 g/mol. The van der Waals surface area contributed by atoms with E-state index in [0.29, 0.717) is 21.2 Å². The lowest BCUT2D eigenvalue weighted by atomic mass is 10.2. The Morgan fingerprint density at radius 2 is 1.88 bits per heavy atom. The van der Waals surface area contributed by atoms with Crippen molar-refractivity contribution in [1.29, 1.82) is 0 Å². The van der Waals surface area contributed by atoms with Crippen LogP contribution in [0.2, 0.25) is 10.0 Å². The van der Waals surface area contributed by atoms with E-state index in [-0.39, 0.29) is 12.5 Å². The molecule has 5 nitrogen and oxygen atoms in total.